The van der Waals surface area contributed by atoms with Gasteiger partial charge in [0.25, 0.3) is 15.9 Å². The first-order valence-corrected chi connectivity index (χ1v) is 17.1. The van der Waals surface area contributed by atoms with Gasteiger partial charge in [0.05, 0.1) is 16.6 Å². The van der Waals surface area contributed by atoms with Crippen molar-refractivity contribution in [2.75, 3.05) is 38.6 Å². The van der Waals surface area contributed by atoms with E-state index in [0.717, 1.165) is 28.8 Å². The second kappa shape index (κ2) is 14.5. The van der Waals surface area contributed by atoms with E-state index in [2.05, 4.69) is 33.5 Å². The van der Waals surface area contributed by atoms with Gasteiger partial charge in [0.2, 0.25) is 17.7 Å². The number of nitrogens with zero attached hydrogens (tertiary/aromatic N) is 5. The molecular formula is C35H42N6O5S. The third-order valence-corrected chi connectivity index (χ3v) is 9.19. The number of hydrogen-bond donors (Lipinski definition) is 1. The molecule has 2 aromatic carbocycles. The Morgan fingerprint density at radius 2 is 1.79 bits per heavy atom. The molecule has 248 valence electrons. The molecular weight excluding hydrogens is 616 g/mol. The maximum absolute atomic E-state index is 14.3. The molecule has 1 N–H and O–H groups in total. The Labute approximate surface area is 277 Å². The lowest BCUT2D eigenvalue weighted by molar-refractivity contribution is 0.0553. The van der Waals surface area contributed by atoms with E-state index in [1.165, 1.54) is 12.1 Å². The van der Waals surface area contributed by atoms with E-state index in [-0.39, 0.29) is 53.3 Å². The van der Waals surface area contributed by atoms with Crippen LogP contribution in [0.4, 0.5) is 5.95 Å². The largest absolute Gasteiger partial charge is 0.476 e. The van der Waals surface area contributed by atoms with E-state index in [1.807, 2.05) is 57.1 Å². The maximum atomic E-state index is 14.3. The van der Waals surface area contributed by atoms with Gasteiger partial charge in [0, 0.05) is 42.5 Å². The number of aromatic nitrogens is 3. The van der Waals surface area contributed by atoms with Crippen LogP contribution < -0.4 is 14.2 Å². The van der Waals surface area contributed by atoms with Crippen molar-refractivity contribution >= 4 is 21.9 Å². The lowest BCUT2D eigenvalue weighted by atomic mass is 10.00. The predicted molar refractivity (Wildman–Crippen MR) is 181 cm³/mol. The van der Waals surface area contributed by atoms with Crippen LogP contribution in [0.15, 0.2) is 71.8 Å². The molecule has 1 amide bonds. The Hall–Kier alpha value is -4.55. The molecule has 0 saturated heterocycles. The van der Waals surface area contributed by atoms with Crippen molar-refractivity contribution in [1.29, 1.82) is 0 Å². The number of pyridine rings is 1. The van der Waals surface area contributed by atoms with Crippen molar-refractivity contribution < 1.29 is 22.7 Å². The summed E-state index contributed by atoms with van der Waals surface area (Å²) in [5, 5.41) is 0. The molecule has 1 aliphatic rings. The van der Waals surface area contributed by atoms with Crippen LogP contribution in [0, 0.1) is 19.8 Å². The fraction of sp³-hybridized carbons (Fsp3) is 0.371. The number of fused-ring (bicyclic) bond motifs is 4. The van der Waals surface area contributed by atoms with Crippen LogP contribution in [0.5, 0.6) is 11.8 Å². The highest BCUT2D eigenvalue weighted by molar-refractivity contribution is 7.92. The monoisotopic (exact) mass is 658 g/mol. The van der Waals surface area contributed by atoms with Crippen LogP contribution in [0.25, 0.3) is 11.3 Å². The molecule has 47 heavy (non-hydrogen) atoms. The number of hydrogen-bond acceptors (Lipinski definition) is 9. The number of nitrogens with one attached hydrogen (secondary N) is 1. The molecule has 0 unspecified atom stereocenters. The number of ether oxygens (including phenoxy) is 2. The highest BCUT2D eigenvalue weighted by Crippen LogP contribution is 2.30. The third kappa shape index (κ3) is 8.44. The fourth-order valence-electron chi connectivity index (χ4n) is 5.53. The van der Waals surface area contributed by atoms with Gasteiger partial charge in [-0.25, -0.2) is 23.1 Å². The molecule has 4 aromatic rings. The second-order valence-electron chi connectivity index (χ2n) is 12.5. The molecule has 0 spiro atoms. The molecule has 3 heterocycles. The van der Waals surface area contributed by atoms with Gasteiger partial charge in [-0.15, -0.1) is 0 Å². The molecule has 1 atom stereocenters. The standard InChI is InChI=1S/C35H42N6O5S/c1-23(2)17-28-22-46-32-19-30(33-24(3)9-7-10-25(33)4)37-35(38-32)39-47(43,44)29-12-8-11-27(18-29)34(42)41(28)21-26-13-14-31(36-20-26)45-16-15-40(5)6/h7-14,18-20,23,28H,15-17,21-22H2,1-6H3,(H,37,38,39)/t28-/m1/s1. The number of likely N-dealkylation sites (N-methyl/N-ethyl adjacent to an activating group) is 1. The number of rotatable bonds is 9. The molecule has 12 heteroatoms. The Morgan fingerprint density at radius 1 is 1.04 bits per heavy atom. The van der Waals surface area contributed by atoms with E-state index >= 15 is 0 Å². The van der Waals surface area contributed by atoms with Crippen molar-refractivity contribution in [3.05, 3.63) is 89.1 Å². The zero-order valence-corrected chi connectivity index (χ0v) is 28.5. The van der Waals surface area contributed by atoms with E-state index < -0.39 is 10.0 Å². The van der Waals surface area contributed by atoms with Crippen molar-refractivity contribution in [3.8, 4) is 23.0 Å². The number of amides is 1. The van der Waals surface area contributed by atoms with Gasteiger partial charge < -0.3 is 19.3 Å². The number of sulfonamides is 1. The average molecular weight is 659 g/mol. The van der Waals surface area contributed by atoms with Gasteiger partial charge in [0.1, 0.15) is 13.2 Å². The summed E-state index contributed by atoms with van der Waals surface area (Å²) < 4.78 is 41.8. The molecule has 5 rings (SSSR count). The van der Waals surface area contributed by atoms with E-state index in [4.69, 9.17) is 9.47 Å². The minimum atomic E-state index is -4.16. The minimum absolute atomic E-state index is 0.0765. The minimum Gasteiger partial charge on any atom is -0.476 e. The van der Waals surface area contributed by atoms with Crippen LogP contribution in [-0.2, 0) is 16.6 Å². The summed E-state index contributed by atoms with van der Waals surface area (Å²) >= 11 is 0. The first-order chi connectivity index (χ1) is 22.4. The summed E-state index contributed by atoms with van der Waals surface area (Å²) in [6.07, 6.45) is 2.33. The first-order valence-electron chi connectivity index (χ1n) is 15.6. The van der Waals surface area contributed by atoms with E-state index in [0.29, 0.717) is 24.6 Å². The Morgan fingerprint density at radius 3 is 2.47 bits per heavy atom. The van der Waals surface area contributed by atoms with E-state index in [1.54, 1.807) is 35.4 Å². The lowest BCUT2D eigenvalue weighted by Gasteiger charge is -2.33. The van der Waals surface area contributed by atoms with Crippen molar-refractivity contribution in [2.45, 2.75) is 51.6 Å². The van der Waals surface area contributed by atoms with Gasteiger partial charge in [-0.2, -0.15) is 4.98 Å². The van der Waals surface area contributed by atoms with Gasteiger partial charge >= 0.3 is 0 Å². The Balaban J connectivity index is 1.57. The molecule has 0 radical (unpaired) electrons. The number of aryl methyl sites for hydroxylation is 2. The van der Waals surface area contributed by atoms with Crippen molar-refractivity contribution in [3.63, 3.8) is 0 Å². The summed E-state index contributed by atoms with van der Waals surface area (Å²) in [4.78, 5) is 31.5. The SMILES string of the molecule is Cc1cccc(C)c1-c1cc2nc(n1)NS(=O)(=O)c1cccc(c1)C(=O)N(Cc1ccc(OCCN(C)C)nc1)[C@H](CC(C)C)CO2. The molecule has 4 bridgehead atoms. The van der Waals surface area contributed by atoms with Crippen LogP contribution in [-0.4, -0.2) is 79.0 Å². The summed E-state index contributed by atoms with van der Waals surface area (Å²) in [7, 11) is -0.207. The number of carbonyl (C=O) groups is 1. The zero-order valence-electron chi connectivity index (χ0n) is 27.7. The number of anilines is 1. The van der Waals surface area contributed by atoms with Crippen molar-refractivity contribution in [2.24, 2.45) is 5.92 Å². The van der Waals surface area contributed by atoms with Gasteiger partial charge in [0.15, 0.2) is 0 Å². The first kappa shape index (κ1) is 33.8. The molecule has 0 aliphatic carbocycles. The Kier molecular flexibility index (Phi) is 10.4. The third-order valence-electron chi connectivity index (χ3n) is 7.86. The van der Waals surface area contributed by atoms with Crippen LogP contribution >= 0.6 is 0 Å². The molecule has 1 aliphatic heterocycles. The number of benzene rings is 2. The second-order valence-corrected chi connectivity index (χ2v) is 14.2. The summed E-state index contributed by atoms with van der Waals surface area (Å²) in [6.45, 7) is 9.73. The fourth-order valence-corrected chi connectivity index (χ4v) is 6.52. The predicted octanol–water partition coefficient (Wildman–Crippen LogP) is 5.35. The smallest absolute Gasteiger partial charge is 0.264 e. The zero-order chi connectivity index (χ0) is 33.7. The average Bonchev–Trinajstić information content (AvgIpc) is 3.01. The van der Waals surface area contributed by atoms with Gasteiger partial charge in [-0.1, -0.05) is 44.2 Å². The molecule has 0 fully saturated rings. The normalized spacial score (nSPS) is 16.1. The van der Waals surface area contributed by atoms with Crippen LogP contribution in [0.2, 0.25) is 0 Å². The maximum Gasteiger partial charge on any atom is 0.264 e. The van der Waals surface area contributed by atoms with E-state index in [9.17, 15) is 13.2 Å². The summed E-state index contributed by atoms with van der Waals surface area (Å²) in [5.41, 5.74) is 4.38. The van der Waals surface area contributed by atoms with Gasteiger partial charge in [-0.05, 0) is 75.2 Å². The number of carbonyl (C=O) groups excluding carboxylic acids is 1. The Bertz CT molecular complexity index is 1810. The topological polar surface area (TPSA) is 127 Å². The highest BCUT2D eigenvalue weighted by Gasteiger charge is 2.29. The van der Waals surface area contributed by atoms with Crippen LogP contribution in [0.1, 0.15) is 47.3 Å². The molecule has 11 nitrogen and oxygen atoms in total. The molecule has 0 saturated carbocycles. The quantitative estimate of drug-likeness (QED) is 0.253. The summed E-state index contributed by atoms with van der Waals surface area (Å²) in [5.74, 6) is 0.477. The van der Waals surface area contributed by atoms with Gasteiger partial charge in [-0.3, -0.25) is 4.79 Å². The highest BCUT2D eigenvalue weighted by atomic mass is 32.2. The summed E-state index contributed by atoms with van der Waals surface area (Å²) in [6, 6.07) is 16.9. The van der Waals surface area contributed by atoms with Crippen molar-refractivity contribution in [1.82, 2.24) is 24.8 Å². The lowest BCUT2D eigenvalue weighted by Crippen LogP contribution is -2.44. The molecule has 2 aromatic heterocycles. The van der Waals surface area contributed by atoms with Crippen LogP contribution in [0.3, 0.4) is 0 Å².